The van der Waals surface area contributed by atoms with Crippen LogP contribution in [0, 0.1) is 0 Å². The monoisotopic (exact) mass is 369 g/mol. The Morgan fingerprint density at radius 3 is 2.52 bits per heavy atom. The van der Waals surface area contributed by atoms with Crippen LogP contribution in [-0.2, 0) is 9.59 Å². The summed E-state index contributed by atoms with van der Waals surface area (Å²) in [6, 6.07) is 10.1. The van der Waals surface area contributed by atoms with E-state index in [2.05, 4.69) is 29.2 Å². The summed E-state index contributed by atoms with van der Waals surface area (Å²) in [5.41, 5.74) is 1.21. The molecule has 0 spiro atoms. The predicted octanol–water partition coefficient (Wildman–Crippen LogP) is 2.64. The molecule has 0 aliphatic carbocycles. The van der Waals surface area contributed by atoms with Gasteiger partial charge in [-0.05, 0) is 24.8 Å². The highest BCUT2D eigenvalue weighted by atomic mass is 16.2. The van der Waals surface area contributed by atoms with Gasteiger partial charge in [0.15, 0.2) is 0 Å². The number of benzene rings is 1. The van der Waals surface area contributed by atoms with Crippen LogP contribution in [0.4, 0.5) is 0 Å². The summed E-state index contributed by atoms with van der Waals surface area (Å²) in [7, 11) is 0. The summed E-state index contributed by atoms with van der Waals surface area (Å²) >= 11 is 0. The van der Waals surface area contributed by atoms with Gasteiger partial charge in [-0.3, -0.25) is 14.5 Å². The molecule has 0 N–H and O–H groups in total. The third-order valence-corrected chi connectivity index (χ3v) is 5.48. The molecule has 1 atom stereocenters. The lowest BCUT2D eigenvalue weighted by molar-refractivity contribution is -0.144. The zero-order chi connectivity index (χ0) is 19.1. The van der Waals surface area contributed by atoms with Crippen molar-refractivity contribution in [3.05, 3.63) is 42.0 Å². The Hall–Kier alpha value is -2.14. The molecule has 2 saturated heterocycles. The van der Waals surface area contributed by atoms with Crippen molar-refractivity contribution < 1.29 is 9.59 Å². The average molecular weight is 370 g/mol. The molecule has 1 aromatic carbocycles. The minimum atomic E-state index is -0.228. The van der Waals surface area contributed by atoms with Crippen LogP contribution in [0.3, 0.4) is 0 Å². The van der Waals surface area contributed by atoms with E-state index in [4.69, 9.17) is 0 Å². The molecule has 2 heterocycles. The Kier molecular flexibility index (Phi) is 7.04. The van der Waals surface area contributed by atoms with Gasteiger partial charge in [0.2, 0.25) is 11.8 Å². The highest BCUT2D eigenvalue weighted by molar-refractivity contribution is 5.88. The zero-order valence-electron chi connectivity index (χ0n) is 16.3. The number of piperazine rings is 1. The first-order valence-corrected chi connectivity index (χ1v) is 10.2. The summed E-state index contributed by atoms with van der Waals surface area (Å²) < 4.78 is 0. The van der Waals surface area contributed by atoms with Gasteiger partial charge in [-0.2, -0.15) is 0 Å². The van der Waals surface area contributed by atoms with Crippen molar-refractivity contribution in [1.29, 1.82) is 0 Å². The van der Waals surface area contributed by atoms with Crippen LogP contribution in [-0.4, -0.2) is 71.8 Å². The summed E-state index contributed by atoms with van der Waals surface area (Å²) in [5.74, 6) is 0.287. The first kappa shape index (κ1) is 19.6. The van der Waals surface area contributed by atoms with Gasteiger partial charge in [-0.25, -0.2) is 0 Å². The molecule has 1 unspecified atom stereocenters. The number of carbonyl (C=O) groups excluding carboxylic acids is 2. The third kappa shape index (κ3) is 5.19. The second-order valence-corrected chi connectivity index (χ2v) is 7.43. The van der Waals surface area contributed by atoms with Crippen molar-refractivity contribution in [1.82, 2.24) is 14.7 Å². The Morgan fingerprint density at radius 2 is 1.81 bits per heavy atom. The molecule has 2 amide bonds. The highest BCUT2D eigenvalue weighted by Crippen LogP contribution is 2.21. The fourth-order valence-electron chi connectivity index (χ4n) is 3.94. The molecule has 3 rings (SSSR count). The maximum Gasteiger partial charge on any atom is 0.245 e. The lowest BCUT2D eigenvalue weighted by atomic mass is 10.1. The Bertz CT molecular complexity index is 651. The van der Waals surface area contributed by atoms with E-state index in [9.17, 15) is 9.59 Å². The Balaban J connectivity index is 1.46. The quantitative estimate of drug-likeness (QED) is 0.774. The minimum Gasteiger partial charge on any atom is -0.338 e. The number of carbonyl (C=O) groups is 2. The van der Waals surface area contributed by atoms with Gasteiger partial charge in [0.25, 0.3) is 0 Å². The molecule has 2 aliphatic heterocycles. The normalized spacial score (nSPS) is 21.1. The molecule has 0 saturated carbocycles. The molecular weight excluding hydrogens is 338 g/mol. The van der Waals surface area contributed by atoms with Gasteiger partial charge in [0, 0.05) is 45.7 Å². The topological polar surface area (TPSA) is 43.9 Å². The van der Waals surface area contributed by atoms with Crippen molar-refractivity contribution in [3.63, 3.8) is 0 Å². The molecule has 2 aliphatic rings. The molecular formula is C22H31N3O2. The number of amides is 2. The highest BCUT2D eigenvalue weighted by Gasteiger charge is 2.36. The van der Waals surface area contributed by atoms with Crippen LogP contribution in [0.25, 0.3) is 6.08 Å². The molecule has 27 heavy (non-hydrogen) atoms. The van der Waals surface area contributed by atoms with Crippen molar-refractivity contribution in [3.8, 4) is 0 Å². The van der Waals surface area contributed by atoms with Crippen molar-refractivity contribution in [2.75, 3.05) is 39.3 Å². The van der Waals surface area contributed by atoms with Gasteiger partial charge < -0.3 is 9.80 Å². The van der Waals surface area contributed by atoms with Gasteiger partial charge in [0.1, 0.15) is 6.04 Å². The molecule has 0 bridgehead atoms. The largest absolute Gasteiger partial charge is 0.338 e. The summed E-state index contributed by atoms with van der Waals surface area (Å²) in [5, 5.41) is 0. The number of rotatable bonds is 6. The molecule has 0 radical (unpaired) electrons. The lowest BCUT2D eigenvalue weighted by Gasteiger charge is -2.37. The average Bonchev–Trinajstić information content (AvgIpc) is 3.19. The van der Waals surface area contributed by atoms with Crippen LogP contribution in [0.1, 0.15) is 38.2 Å². The maximum absolute atomic E-state index is 12.9. The van der Waals surface area contributed by atoms with Crippen molar-refractivity contribution in [2.24, 2.45) is 0 Å². The van der Waals surface area contributed by atoms with Crippen LogP contribution in [0.2, 0.25) is 0 Å². The fraction of sp³-hybridized carbons (Fsp3) is 0.545. The zero-order valence-corrected chi connectivity index (χ0v) is 16.3. The van der Waals surface area contributed by atoms with E-state index in [0.717, 1.165) is 58.5 Å². The molecule has 1 aromatic rings. The van der Waals surface area contributed by atoms with Crippen LogP contribution < -0.4 is 0 Å². The molecule has 2 fully saturated rings. The summed E-state index contributed by atoms with van der Waals surface area (Å²) in [6.45, 7) is 6.94. The third-order valence-electron chi connectivity index (χ3n) is 5.48. The van der Waals surface area contributed by atoms with E-state index in [1.165, 1.54) is 5.56 Å². The SMILES string of the molecule is CCCC(=O)N1CCCC1C(=O)N1CCN(C/C=C/c2ccccc2)CC1. The van der Waals surface area contributed by atoms with E-state index in [1.54, 1.807) is 0 Å². The summed E-state index contributed by atoms with van der Waals surface area (Å²) in [4.78, 5) is 31.3. The van der Waals surface area contributed by atoms with E-state index in [1.807, 2.05) is 34.9 Å². The summed E-state index contributed by atoms with van der Waals surface area (Å²) in [6.07, 6.45) is 7.48. The van der Waals surface area contributed by atoms with Crippen LogP contribution >= 0.6 is 0 Å². The molecule has 0 aromatic heterocycles. The van der Waals surface area contributed by atoms with Crippen molar-refractivity contribution in [2.45, 2.75) is 38.6 Å². The van der Waals surface area contributed by atoms with Crippen LogP contribution in [0.5, 0.6) is 0 Å². The Labute approximate surface area is 162 Å². The molecule has 5 heteroatoms. The maximum atomic E-state index is 12.9. The van der Waals surface area contributed by atoms with E-state index >= 15 is 0 Å². The van der Waals surface area contributed by atoms with E-state index in [-0.39, 0.29) is 17.9 Å². The van der Waals surface area contributed by atoms with Gasteiger partial charge >= 0.3 is 0 Å². The smallest absolute Gasteiger partial charge is 0.245 e. The lowest BCUT2D eigenvalue weighted by Crippen LogP contribution is -2.54. The fourth-order valence-corrected chi connectivity index (χ4v) is 3.94. The molecule has 5 nitrogen and oxygen atoms in total. The number of nitrogens with zero attached hydrogens (tertiary/aromatic N) is 3. The van der Waals surface area contributed by atoms with Crippen molar-refractivity contribution >= 4 is 17.9 Å². The Morgan fingerprint density at radius 1 is 1.07 bits per heavy atom. The van der Waals surface area contributed by atoms with Crippen LogP contribution in [0.15, 0.2) is 36.4 Å². The second kappa shape index (κ2) is 9.70. The van der Waals surface area contributed by atoms with E-state index < -0.39 is 0 Å². The number of likely N-dealkylation sites (tertiary alicyclic amines) is 1. The predicted molar refractivity (Wildman–Crippen MR) is 108 cm³/mol. The van der Waals surface area contributed by atoms with Gasteiger partial charge in [-0.1, -0.05) is 49.4 Å². The van der Waals surface area contributed by atoms with E-state index in [0.29, 0.717) is 6.42 Å². The minimum absolute atomic E-state index is 0.137. The number of hydrogen-bond donors (Lipinski definition) is 0. The first-order chi connectivity index (χ1) is 13.2. The second-order valence-electron chi connectivity index (χ2n) is 7.43. The first-order valence-electron chi connectivity index (χ1n) is 10.2. The van der Waals surface area contributed by atoms with Gasteiger partial charge in [-0.15, -0.1) is 0 Å². The number of hydrogen-bond acceptors (Lipinski definition) is 3. The molecule has 146 valence electrons. The van der Waals surface area contributed by atoms with Gasteiger partial charge in [0.05, 0.1) is 0 Å². The standard InChI is InChI=1S/C22H31N3O2/c1-2-8-21(26)25-14-7-12-20(25)22(27)24-17-15-23(16-18-24)13-6-11-19-9-4-3-5-10-19/h3-6,9-11,20H,2,7-8,12-18H2,1H3/b11-6+.